The summed E-state index contributed by atoms with van der Waals surface area (Å²) in [5.41, 5.74) is 0. The first-order chi connectivity index (χ1) is 6.74. The summed E-state index contributed by atoms with van der Waals surface area (Å²) in [6, 6.07) is 0.677. The SMILES string of the molecule is CCC(NCCC1CCCO1)C(C)C. The molecule has 0 bridgehead atoms. The maximum absolute atomic E-state index is 5.59. The van der Waals surface area contributed by atoms with E-state index in [1.807, 2.05) is 0 Å². The van der Waals surface area contributed by atoms with Gasteiger partial charge in [0.1, 0.15) is 0 Å². The van der Waals surface area contributed by atoms with Gasteiger partial charge in [-0.15, -0.1) is 0 Å². The predicted octanol–water partition coefficient (Wildman–Crippen LogP) is 2.58. The Morgan fingerprint density at radius 3 is 2.71 bits per heavy atom. The van der Waals surface area contributed by atoms with Crippen molar-refractivity contribution in [1.82, 2.24) is 5.32 Å². The summed E-state index contributed by atoms with van der Waals surface area (Å²) in [5.74, 6) is 0.740. The first kappa shape index (κ1) is 12.0. The molecule has 0 aromatic carbocycles. The lowest BCUT2D eigenvalue weighted by molar-refractivity contribution is 0.103. The second kappa shape index (κ2) is 6.41. The molecule has 2 unspecified atom stereocenters. The summed E-state index contributed by atoms with van der Waals surface area (Å²) < 4.78 is 5.59. The average molecular weight is 199 g/mol. The van der Waals surface area contributed by atoms with E-state index in [4.69, 9.17) is 4.74 Å². The van der Waals surface area contributed by atoms with E-state index in [0.29, 0.717) is 12.1 Å². The van der Waals surface area contributed by atoms with Gasteiger partial charge in [0.25, 0.3) is 0 Å². The number of rotatable bonds is 6. The van der Waals surface area contributed by atoms with Crippen LogP contribution in [0.4, 0.5) is 0 Å². The molecule has 1 N–H and O–H groups in total. The summed E-state index contributed by atoms with van der Waals surface area (Å²) in [4.78, 5) is 0. The number of ether oxygens (including phenoxy) is 1. The molecule has 84 valence electrons. The summed E-state index contributed by atoms with van der Waals surface area (Å²) in [5, 5.41) is 3.62. The third-order valence-corrected chi connectivity index (χ3v) is 3.14. The van der Waals surface area contributed by atoms with Gasteiger partial charge < -0.3 is 10.1 Å². The Balaban J connectivity index is 2.06. The van der Waals surface area contributed by atoms with E-state index in [1.165, 1.54) is 25.7 Å². The molecule has 0 saturated carbocycles. The van der Waals surface area contributed by atoms with E-state index in [2.05, 4.69) is 26.1 Å². The van der Waals surface area contributed by atoms with Crippen LogP contribution in [0.15, 0.2) is 0 Å². The van der Waals surface area contributed by atoms with Gasteiger partial charge >= 0.3 is 0 Å². The number of hydrogen-bond acceptors (Lipinski definition) is 2. The van der Waals surface area contributed by atoms with Crippen LogP contribution in [-0.4, -0.2) is 25.3 Å². The van der Waals surface area contributed by atoms with Gasteiger partial charge in [0, 0.05) is 12.6 Å². The molecule has 0 radical (unpaired) electrons. The average Bonchev–Trinajstić information content (AvgIpc) is 2.64. The van der Waals surface area contributed by atoms with Crippen LogP contribution in [0.25, 0.3) is 0 Å². The third kappa shape index (κ3) is 3.97. The Kier molecular flexibility index (Phi) is 5.49. The third-order valence-electron chi connectivity index (χ3n) is 3.14. The Morgan fingerprint density at radius 2 is 2.21 bits per heavy atom. The molecule has 2 nitrogen and oxygen atoms in total. The Labute approximate surface area is 88.4 Å². The lowest BCUT2D eigenvalue weighted by Crippen LogP contribution is -2.35. The standard InChI is InChI=1S/C12H25NO/c1-4-12(10(2)3)13-8-7-11-6-5-9-14-11/h10-13H,4-9H2,1-3H3. The van der Waals surface area contributed by atoms with Crippen molar-refractivity contribution in [1.29, 1.82) is 0 Å². The van der Waals surface area contributed by atoms with Gasteiger partial charge in [0.2, 0.25) is 0 Å². The molecule has 1 saturated heterocycles. The smallest absolute Gasteiger partial charge is 0.0588 e. The molecule has 1 rings (SSSR count). The highest BCUT2D eigenvalue weighted by Crippen LogP contribution is 2.15. The zero-order chi connectivity index (χ0) is 10.4. The highest BCUT2D eigenvalue weighted by Gasteiger charge is 2.16. The Hall–Kier alpha value is -0.0800. The summed E-state index contributed by atoms with van der Waals surface area (Å²) >= 11 is 0. The van der Waals surface area contributed by atoms with Crippen molar-refractivity contribution < 1.29 is 4.74 Å². The maximum atomic E-state index is 5.59. The fourth-order valence-corrected chi connectivity index (χ4v) is 2.15. The van der Waals surface area contributed by atoms with E-state index in [-0.39, 0.29) is 0 Å². The minimum absolute atomic E-state index is 0.534. The molecule has 0 aromatic heterocycles. The molecule has 1 heterocycles. The zero-order valence-electron chi connectivity index (χ0n) is 9.88. The van der Waals surface area contributed by atoms with Crippen molar-refractivity contribution in [3.8, 4) is 0 Å². The molecule has 2 atom stereocenters. The molecule has 14 heavy (non-hydrogen) atoms. The van der Waals surface area contributed by atoms with E-state index in [0.717, 1.165) is 19.1 Å². The van der Waals surface area contributed by atoms with Gasteiger partial charge in [0.15, 0.2) is 0 Å². The highest BCUT2D eigenvalue weighted by atomic mass is 16.5. The van der Waals surface area contributed by atoms with Gasteiger partial charge in [-0.25, -0.2) is 0 Å². The summed E-state index contributed by atoms with van der Waals surface area (Å²) in [7, 11) is 0. The van der Waals surface area contributed by atoms with Crippen LogP contribution in [0.5, 0.6) is 0 Å². The van der Waals surface area contributed by atoms with Crippen LogP contribution in [0, 0.1) is 5.92 Å². The zero-order valence-corrected chi connectivity index (χ0v) is 9.88. The van der Waals surface area contributed by atoms with Crippen LogP contribution in [0.3, 0.4) is 0 Å². The first-order valence-corrected chi connectivity index (χ1v) is 6.09. The van der Waals surface area contributed by atoms with Gasteiger partial charge in [-0.2, -0.15) is 0 Å². The van der Waals surface area contributed by atoms with Gasteiger partial charge in [0.05, 0.1) is 6.10 Å². The largest absolute Gasteiger partial charge is 0.378 e. The molecule has 1 aliphatic rings. The van der Waals surface area contributed by atoms with E-state index < -0.39 is 0 Å². The number of nitrogens with one attached hydrogen (secondary N) is 1. The maximum Gasteiger partial charge on any atom is 0.0588 e. The molecular weight excluding hydrogens is 174 g/mol. The van der Waals surface area contributed by atoms with Crippen molar-refractivity contribution in [3.05, 3.63) is 0 Å². The van der Waals surface area contributed by atoms with Gasteiger partial charge in [-0.3, -0.25) is 0 Å². The molecule has 0 amide bonds. The van der Waals surface area contributed by atoms with E-state index in [9.17, 15) is 0 Å². The molecule has 1 fully saturated rings. The fourth-order valence-electron chi connectivity index (χ4n) is 2.15. The van der Waals surface area contributed by atoms with Crippen LogP contribution in [-0.2, 0) is 4.74 Å². The lowest BCUT2D eigenvalue weighted by atomic mass is 10.0. The quantitative estimate of drug-likeness (QED) is 0.710. The van der Waals surface area contributed by atoms with E-state index in [1.54, 1.807) is 0 Å². The van der Waals surface area contributed by atoms with Crippen LogP contribution < -0.4 is 5.32 Å². The lowest BCUT2D eigenvalue weighted by Gasteiger charge is -2.21. The summed E-state index contributed by atoms with van der Waals surface area (Å²) in [6.45, 7) is 8.91. The molecule has 1 aliphatic heterocycles. The second-order valence-electron chi connectivity index (χ2n) is 4.64. The minimum Gasteiger partial charge on any atom is -0.378 e. The van der Waals surface area contributed by atoms with Crippen molar-refractivity contribution in [2.75, 3.05) is 13.2 Å². The molecule has 2 heteroatoms. The van der Waals surface area contributed by atoms with Crippen molar-refractivity contribution in [2.24, 2.45) is 5.92 Å². The molecule has 0 aromatic rings. The van der Waals surface area contributed by atoms with Crippen LogP contribution in [0.2, 0.25) is 0 Å². The topological polar surface area (TPSA) is 21.3 Å². The molecular formula is C12H25NO. The van der Waals surface area contributed by atoms with Crippen molar-refractivity contribution in [3.63, 3.8) is 0 Å². The summed E-state index contributed by atoms with van der Waals surface area (Å²) in [6.07, 6.45) is 5.46. The van der Waals surface area contributed by atoms with E-state index >= 15 is 0 Å². The van der Waals surface area contributed by atoms with Crippen LogP contribution >= 0.6 is 0 Å². The predicted molar refractivity (Wildman–Crippen MR) is 60.5 cm³/mol. The first-order valence-electron chi connectivity index (χ1n) is 6.09. The van der Waals surface area contributed by atoms with Crippen LogP contribution in [0.1, 0.15) is 46.5 Å². The number of hydrogen-bond donors (Lipinski definition) is 1. The Morgan fingerprint density at radius 1 is 1.43 bits per heavy atom. The van der Waals surface area contributed by atoms with Gasteiger partial charge in [-0.05, 0) is 38.1 Å². The molecule has 0 aliphatic carbocycles. The monoisotopic (exact) mass is 199 g/mol. The van der Waals surface area contributed by atoms with Crippen molar-refractivity contribution in [2.45, 2.75) is 58.6 Å². The van der Waals surface area contributed by atoms with Crippen molar-refractivity contribution >= 4 is 0 Å². The normalized spacial score (nSPS) is 24.4. The minimum atomic E-state index is 0.534. The fraction of sp³-hybridized carbons (Fsp3) is 1.00. The van der Waals surface area contributed by atoms with Gasteiger partial charge in [-0.1, -0.05) is 20.8 Å². The molecule has 0 spiro atoms. The Bertz CT molecular complexity index is 141. The second-order valence-corrected chi connectivity index (χ2v) is 4.64. The highest BCUT2D eigenvalue weighted by molar-refractivity contribution is 4.71.